The summed E-state index contributed by atoms with van der Waals surface area (Å²) >= 11 is 0. The summed E-state index contributed by atoms with van der Waals surface area (Å²) in [5, 5.41) is 24.6. The van der Waals surface area contributed by atoms with E-state index < -0.39 is 5.97 Å². The van der Waals surface area contributed by atoms with E-state index >= 15 is 0 Å². The molecule has 1 atom stereocenters. The molecule has 0 spiro atoms. The molecule has 0 saturated carbocycles. The summed E-state index contributed by atoms with van der Waals surface area (Å²) in [7, 11) is 1.62. The Morgan fingerprint density at radius 2 is 1.84 bits per heavy atom. The van der Waals surface area contributed by atoms with Gasteiger partial charge < -0.3 is 19.8 Å². The molecule has 2 aromatic carbocycles. The number of pyridine rings is 1. The zero-order valence-corrected chi connectivity index (χ0v) is 17.2. The molecule has 1 heterocycles. The Morgan fingerprint density at radius 1 is 1.10 bits per heavy atom. The minimum absolute atomic E-state index is 0.354. The molecule has 0 bridgehead atoms. The van der Waals surface area contributed by atoms with Gasteiger partial charge in [-0.15, -0.1) is 0 Å². The predicted octanol–water partition coefficient (Wildman–Crippen LogP) is 3.92. The highest BCUT2D eigenvalue weighted by molar-refractivity contribution is 5.71. The Bertz CT molecular complexity index is 1080. The van der Waals surface area contributed by atoms with Crippen molar-refractivity contribution < 1.29 is 24.1 Å². The number of carboxylic acid groups (broad SMARTS) is 1. The Balaban J connectivity index is 1.46. The fraction of sp³-hybridized carbons (Fsp3) is 0.250. The van der Waals surface area contributed by atoms with E-state index in [1.807, 2.05) is 42.5 Å². The van der Waals surface area contributed by atoms with E-state index in [-0.39, 0.29) is 5.92 Å². The minimum atomic E-state index is -0.757. The van der Waals surface area contributed by atoms with Crippen LogP contribution in [0.5, 0.6) is 17.2 Å². The quantitative estimate of drug-likeness (QED) is 0.444. The molecule has 7 heteroatoms. The van der Waals surface area contributed by atoms with Crippen LogP contribution in [0, 0.1) is 11.1 Å². The van der Waals surface area contributed by atoms with Gasteiger partial charge in [-0.3, -0.25) is 10.1 Å². The summed E-state index contributed by atoms with van der Waals surface area (Å²) in [6.07, 6.45) is 3.32. The fourth-order valence-corrected chi connectivity index (χ4v) is 3.74. The van der Waals surface area contributed by atoms with Crippen molar-refractivity contribution in [1.82, 2.24) is 0 Å². The lowest BCUT2D eigenvalue weighted by molar-refractivity contribution is -0.590. The number of ether oxygens (including phenoxy) is 2. The molecule has 0 amide bonds. The third-order valence-electron chi connectivity index (χ3n) is 5.51. The molecule has 0 saturated heterocycles. The van der Waals surface area contributed by atoms with Gasteiger partial charge in [0.15, 0.2) is 0 Å². The Hall–Kier alpha value is -3.74. The average molecular weight is 420 g/mol. The number of methoxy groups -OCH3 is 1. The van der Waals surface area contributed by atoms with Crippen LogP contribution < -0.4 is 19.5 Å². The Kier molecular flexibility index (Phi) is 5.93. The van der Waals surface area contributed by atoms with E-state index in [4.69, 9.17) is 9.47 Å². The third kappa shape index (κ3) is 4.88. The van der Waals surface area contributed by atoms with E-state index in [1.54, 1.807) is 19.2 Å². The molecule has 7 nitrogen and oxygen atoms in total. The number of aryl methyl sites for hydroxylation is 1. The highest BCUT2D eigenvalue weighted by Crippen LogP contribution is 2.31. The molecule has 3 aromatic rings. The minimum Gasteiger partial charge on any atom is -0.711 e. The number of nitrogens with zero attached hydrogens (tertiary/aromatic N) is 1. The molecule has 1 aliphatic carbocycles. The number of nitrogens with one attached hydrogen (secondary N) is 1. The van der Waals surface area contributed by atoms with Crippen LogP contribution in [0.25, 0.3) is 0 Å². The highest BCUT2D eigenvalue weighted by atomic mass is 16.5. The molecule has 4 rings (SSSR count). The maximum absolute atomic E-state index is 12.2. The number of rotatable bonds is 7. The van der Waals surface area contributed by atoms with Crippen molar-refractivity contribution in [3.8, 4) is 17.2 Å². The molecular weight excluding hydrogens is 396 g/mol. The SMILES string of the molecule is COc1ccc(CNc2cc(Oc3ccc4c(c3)CC(C(=O)O)CC4)cc[n+]2[O-])cc1. The second kappa shape index (κ2) is 8.95. The summed E-state index contributed by atoms with van der Waals surface area (Å²) in [5.74, 6) is 1.18. The number of aliphatic carboxylic acids is 1. The first kappa shape index (κ1) is 20.5. The second-order valence-corrected chi connectivity index (χ2v) is 7.59. The van der Waals surface area contributed by atoms with Gasteiger partial charge in [0.1, 0.15) is 23.8 Å². The van der Waals surface area contributed by atoms with Gasteiger partial charge in [0.2, 0.25) is 0 Å². The number of hydrogen-bond acceptors (Lipinski definition) is 5. The maximum Gasteiger partial charge on any atom is 0.306 e. The summed E-state index contributed by atoms with van der Waals surface area (Å²) in [5.41, 5.74) is 3.18. The molecule has 31 heavy (non-hydrogen) atoms. The number of carbonyl (C=O) groups is 1. The van der Waals surface area contributed by atoms with E-state index in [0.717, 1.165) is 33.6 Å². The van der Waals surface area contributed by atoms with Gasteiger partial charge in [-0.1, -0.05) is 18.2 Å². The zero-order chi connectivity index (χ0) is 21.8. The molecule has 2 N–H and O–H groups in total. The van der Waals surface area contributed by atoms with Crippen molar-refractivity contribution in [2.45, 2.75) is 25.8 Å². The van der Waals surface area contributed by atoms with Crippen LogP contribution in [-0.4, -0.2) is 18.2 Å². The monoisotopic (exact) mass is 420 g/mol. The van der Waals surface area contributed by atoms with Crippen molar-refractivity contribution in [3.63, 3.8) is 0 Å². The van der Waals surface area contributed by atoms with Gasteiger partial charge in [-0.05, 0) is 60.2 Å². The zero-order valence-electron chi connectivity index (χ0n) is 17.2. The highest BCUT2D eigenvalue weighted by Gasteiger charge is 2.24. The van der Waals surface area contributed by atoms with Crippen LogP contribution in [0.3, 0.4) is 0 Å². The van der Waals surface area contributed by atoms with Crippen LogP contribution in [0.4, 0.5) is 5.82 Å². The standard InChI is InChI=1S/C24H24N2O5/c1-30-20-7-2-16(3-8-20)15-25-23-14-22(10-11-26(23)29)31-21-9-6-17-4-5-18(24(27)28)12-19(17)13-21/h2-3,6-11,13-14,18,25H,4-5,12,15H2,1H3,(H,27,28). The van der Waals surface area contributed by atoms with Gasteiger partial charge >= 0.3 is 5.97 Å². The lowest BCUT2D eigenvalue weighted by Gasteiger charge is -2.22. The number of benzene rings is 2. The van der Waals surface area contributed by atoms with E-state index in [0.29, 0.717) is 36.7 Å². The summed E-state index contributed by atoms with van der Waals surface area (Å²) in [4.78, 5) is 11.3. The first-order valence-electron chi connectivity index (χ1n) is 10.1. The second-order valence-electron chi connectivity index (χ2n) is 7.59. The third-order valence-corrected chi connectivity index (χ3v) is 5.51. The van der Waals surface area contributed by atoms with E-state index in [2.05, 4.69) is 5.32 Å². The molecule has 0 fully saturated rings. The molecule has 160 valence electrons. The van der Waals surface area contributed by atoms with Crippen LogP contribution in [0.1, 0.15) is 23.1 Å². The van der Waals surface area contributed by atoms with Crippen molar-refractivity contribution in [2.24, 2.45) is 5.92 Å². The molecule has 0 radical (unpaired) electrons. The van der Waals surface area contributed by atoms with Gasteiger partial charge in [0, 0.05) is 6.07 Å². The number of fused-ring (bicyclic) bond motifs is 1. The van der Waals surface area contributed by atoms with E-state index in [9.17, 15) is 15.1 Å². The fourth-order valence-electron chi connectivity index (χ4n) is 3.74. The van der Waals surface area contributed by atoms with Crippen molar-refractivity contribution >= 4 is 11.8 Å². The smallest absolute Gasteiger partial charge is 0.306 e. The summed E-state index contributed by atoms with van der Waals surface area (Å²) < 4.78 is 11.9. The van der Waals surface area contributed by atoms with E-state index in [1.165, 1.54) is 6.20 Å². The maximum atomic E-state index is 12.2. The van der Waals surface area contributed by atoms with Crippen molar-refractivity contribution in [3.05, 3.63) is 82.7 Å². The normalized spacial score (nSPS) is 15.1. The lowest BCUT2D eigenvalue weighted by Crippen LogP contribution is -2.30. The number of carboxylic acids is 1. The molecule has 1 aromatic heterocycles. The van der Waals surface area contributed by atoms with Gasteiger partial charge in [0.25, 0.3) is 5.82 Å². The summed E-state index contributed by atoms with van der Waals surface area (Å²) in [6.45, 7) is 0.477. The van der Waals surface area contributed by atoms with Gasteiger partial charge in [-0.2, -0.15) is 0 Å². The molecule has 0 aliphatic heterocycles. The average Bonchev–Trinajstić information content (AvgIpc) is 2.79. The van der Waals surface area contributed by atoms with Gasteiger partial charge in [-0.25, -0.2) is 4.73 Å². The molecular formula is C24H24N2O5. The van der Waals surface area contributed by atoms with Gasteiger partial charge in [0.05, 0.1) is 25.3 Å². The van der Waals surface area contributed by atoms with Crippen LogP contribution in [-0.2, 0) is 24.2 Å². The number of anilines is 1. The molecule has 1 aliphatic rings. The van der Waals surface area contributed by atoms with Crippen LogP contribution in [0.15, 0.2) is 60.8 Å². The van der Waals surface area contributed by atoms with Crippen LogP contribution >= 0.6 is 0 Å². The van der Waals surface area contributed by atoms with Crippen molar-refractivity contribution in [2.75, 3.05) is 12.4 Å². The van der Waals surface area contributed by atoms with Crippen LogP contribution in [0.2, 0.25) is 0 Å². The molecule has 1 unspecified atom stereocenters. The Morgan fingerprint density at radius 3 is 2.58 bits per heavy atom. The summed E-state index contributed by atoms with van der Waals surface area (Å²) in [6, 6.07) is 16.6. The first-order chi connectivity index (χ1) is 15.0. The largest absolute Gasteiger partial charge is 0.711 e. The van der Waals surface area contributed by atoms with Crippen molar-refractivity contribution in [1.29, 1.82) is 0 Å². The predicted molar refractivity (Wildman–Crippen MR) is 115 cm³/mol. The first-order valence-corrected chi connectivity index (χ1v) is 10.1. The topological polar surface area (TPSA) is 94.7 Å². The Labute approximate surface area is 180 Å². The number of aromatic nitrogens is 1. The lowest BCUT2D eigenvalue weighted by atomic mass is 9.84. The number of hydrogen-bond donors (Lipinski definition) is 2.